The van der Waals surface area contributed by atoms with Crippen molar-refractivity contribution < 1.29 is 0 Å². The van der Waals surface area contributed by atoms with Crippen LogP contribution in [0.4, 0.5) is 5.82 Å². The van der Waals surface area contributed by atoms with E-state index in [2.05, 4.69) is 36.8 Å². The highest BCUT2D eigenvalue weighted by molar-refractivity contribution is 5.46. The first kappa shape index (κ1) is 14.0. The van der Waals surface area contributed by atoms with Crippen LogP contribution in [-0.2, 0) is 6.42 Å². The highest BCUT2D eigenvalue weighted by Crippen LogP contribution is 2.18. The zero-order valence-corrected chi connectivity index (χ0v) is 11.5. The third-order valence-electron chi connectivity index (χ3n) is 3.05. The van der Waals surface area contributed by atoms with Crippen molar-refractivity contribution in [2.45, 2.75) is 39.7 Å². The van der Waals surface area contributed by atoms with E-state index in [1.54, 1.807) is 0 Å². The summed E-state index contributed by atoms with van der Waals surface area (Å²) in [7, 11) is 2.11. The molecule has 1 heterocycles. The number of hydrogen-bond acceptors (Lipinski definition) is 3. The Labute approximate surface area is 105 Å². The van der Waals surface area contributed by atoms with Gasteiger partial charge >= 0.3 is 0 Å². The molecule has 0 radical (unpaired) electrons. The molecule has 1 rings (SSSR count). The summed E-state index contributed by atoms with van der Waals surface area (Å²) < 4.78 is 0. The van der Waals surface area contributed by atoms with E-state index >= 15 is 0 Å². The number of anilines is 1. The van der Waals surface area contributed by atoms with E-state index in [0.29, 0.717) is 5.92 Å². The van der Waals surface area contributed by atoms with Gasteiger partial charge in [0.05, 0.1) is 0 Å². The highest BCUT2D eigenvalue weighted by atomic mass is 15.2. The number of hydrogen-bond donors (Lipinski definition) is 1. The van der Waals surface area contributed by atoms with Gasteiger partial charge in [-0.25, -0.2) is 4.98 Å². The molecule has 0 aliphatic rings. The Bertz CT molecular complexity index is 336. The summed E-state index contributed by atoms with van der Waals surface area (Å²) in [5.74, 6) is 1.76. The molecule has 3 nitrogen and oxygen atoms in total. The van der Waals surface area contributed by atoms with Gasteiger partial charge in [-0.05, 0) is 30.9 Å². The lowest BCUT2D eigenvalue weighted by molar-refractivity contribution is 0.556. The second kappa shape index (κ2) is 6.60. The van der Waals surface area contributed by atoms with Crippen LogP contribution in [0.3, 0.4) is 0 Å². The van der Waals surface area contributed by atoms with E-state index in [1.165, 1.54) is 12.0 Å². The molecule has 0 spiro atoms. The Hall–Kier alpha value is -1.09. The molecule has 1 aromatic rings. The SMILES string of the molecule is CCC(C)CN(C)c1ncccc1CC(C)N. The summed E-state index contributed by atoms with van der Waals surface area (Å²) in [6.45, 7) is 7.56. The maximum absolute atomic E-state index is 5.87. The second-order valence-corrected chi connectivity index (χ2v) is 5.06. The van der Waals surface area contributed by atoms with Gasteiger partial charge in [-0.3, -0.25) is 0 Å². The van der Waals surface area contributed by atoms with Gasteiger partial charge in [-0.15, -0.1) is 0 Å². The van der Waals surface area contributed by atoms with Gasteiger partial charge in [-0.2, -0.15) is 0 Å². The van der Waals surface area contributed by atoms with Gasteiger partial charge in [0.1, 0.15) is 5.82 Å². The Morgan fingerprint density at radius 3 is 2.71 bits per heavy atom. The van der Waals surface area contributed by atoms with Crippen molar-refractivity contribution >= 4 is 5.82 Å². The minimum atomic E-state index is 0.176. The van der Waals surface area contributed by atoms with E-state index in [1.807, 2.05) is 19.2 Å². The fourth-order valence-corrected chi connectivity index (χ4v) is 1.96. The standard InChI is InChI=1S/C14H25N3/c1-5-11(2)10-17(4)14-13(9-12(3)15)7-6-8-16-14/h6-8,11-12H,5,9-10,15H2,1-4H3. The van der Waals surface area contributed by atoms with Crippen molar-refractivity contribution in [3.63, 3.8) is 0 Å². The fraction of sp³-hybridized carbons (Fsp3) is 0.643. The van der Waals surface area contributed by atoms with Gasteiger partial charge < -0.3 is 10.6 Å². The maximum atomic E-state index is 5.87. The Morgan fingerprint density at radius 2 is 2.12 bits per heavy atom. The minimum absolute atomic E-state index is 0.176. The lowest BCUT2D eigenvalue weighted by atomic mass is 10.1. The van der Waals surface area contributed by atoms with Crippen molar-refractivity contribution in [2.24, 2.45) is 11.7 Å². The van der Waals surface area contributed by atoms with Crippen LogP contribution in [-0.4, -0.2) is 24.6 Å². The number of nitrogens with two attached hydrogens (primary N) is 1. The molecule has 0 aromatic carbocycles. The zero-order valence-electron chi connectivity index (χ0n) is 11.5. The topological polar surface area (TPSA) is 42.2 Å². The van der Waals surface area contributed by atoms with Crippen LogP contribution in [0.25, 0.3) is 0 Å². The van der Waals surface area contributed by atoms with E-state index in [4.69, 9.17) is 5.73 Å². The molecule has 0 bridgehead atoms. The number of aromatic nitrogens is 1. The van der Waals surface area contributed by atoms with Crippen LogP contribution in [0.1, 0.15) is 32.8 Å². The predicted octanol–water partition coefficient (Wildman–Crippen LogP) is 2.45. The van der Waals surface area contributed by atoms with Crippen LogP contribution in [0.15, 0.2) is 18.3 Å². The Balaban J connectivity index is 2.81. The monoisotopic (exact) mass is 235 g/mol. The Morgan fingerprint density at radius 1 is 1.41 bits per heavy atom. The lowest BCUT2D eigenvalue weighted by Crippen LogP contribution is -2.27. The van der Waals surface area contributed by atoms with Crippen LogP contribution in [0.2, 0.25) is 0 Å². The predicted molar refractivity (Wildman–Crippen MR) is 74.3 cm³/mol. The molecule has 0 fully saturated rings. The molecule has 0 amide bonds. The van der Waals surface area contributed by atoms with Crippen LogP contribution >= 0.6 is 0 Å². The maximum Gasteiger partial charge on any atom is 0.131 e. The van der Waals surface area contributed by atoms with Gasteiger partial charge in [0.25, 0.3) is 0 Å². The first-order chi connectivity index (χ1) is 8.04. The molecular formula is C14H25N3. The van der Waals surface area contributed by atoms with Crippen molar-refractivity contribution in [2.75, 3.05) is 18.5 Å². The molecule has 2 atom stereocenters. The first-order valence-corrected chi connectivity index (χ1v) is 6.45. The van der Waals surface area contributed by atoms with Gasteiger partial charge in [-0.1, -0.05) is 26.3 Å². The molecule has 0 saturated heterocycles. The molecule has 2 N–H and O–H groups in total. The van der Waals surface area contributed by atoms with E-state index in [-0.39, 0.29) is 6.04 Å². The first-order valence-electron chi connectivity index (χ1n) is 6.45. The molecule has 0 aliphatic carbocycles. The summed E-state index contributed by atoms with van der Waals surface area (Å²) in [6.07, 6.45) is 3.93. The van der Waals surface area contributed by atoms with Gasteiger partial charge in [0.15, 0.2) is 0 Å². The third-order valence-corrected chi connectivity index (χ3v) is 3.05. The summed E-state index contributed by atoms with van der Waals surface area (Å²) in [6, 6.07) is 4.28. The average Bonchev–Trinajstić information content (AvgIpc) is 2.28. The lowest BCUT2D eigenvalue weighted by Gasteiger charge is -2.24. The fourth-order valence-electron chi connectivity index (χ4n) is 1.96. The molecule has 3 heteroatoms. The third kappa shape index (κ3) is 4.35. The van der Waals surface area contributed by atoms with E-state index in [0.717, 1.165) is 18.8 Å². The Kier molecular flexibility index (Phi) is 5.42. The van der Waals surface area contributed by atoms with Gasteiger partial charge in [0.2, 0.25) is 0 Å². The van der Waals surface area contributed by atoms with Crippen LogP contribution in [0, 0.1) is 5.92 Å². The molecule has 96 valence electrons. The normalized spacial score (nSPS) is 14.4. The van der Waals surface area contributed by atoms with Crippen LogP contribution in [0.5, 0.6) is 0 Å². The molecular weight excluding hydrogens is 210 g/mol. The zero-order chi connectivity index (χ0) is 12.8. The van der Waals surface area contributed by atoms with Crippen molar-refractivity contribution in [1.29, 1.82) is 0 Å². The number of nitrogens with zero attached hydrogens (tertiary/aromatic N) is 2. The minimum Gasteiger partial charge on any atom is -0.359 e. The quantitative estimate of drug-likeness (QED) is 0.823. The average molecular weight is 235 g/mol. The van der Waals surface area contributed by atoms with Crippen molar-refractivity contribution in [3.05, 3.63) is 23.9 Å². The highest BCUT2D eigenvalue weighted by Gasteiger charge is 2.11. The second-order valence-electron chi connectivity index (χ2n) is 5.06. The largest absolute Gasteiger partial charge is 0.359 e. The summed E-state index contributed by atoms with van der Waals surface area (Å²) >= 11 is 0. The van der Waals surface area contributed by atoms with Gasteiger partial charge in [0, 0.05) is 25.8 Å². The summed E-state index contributed by atoms with van der Waals surface area (Å²) in [5.41, 5.74) is 7.12. The van der Waals surface area contributed by atoms with E-state index < -0.39 is 0 Å². The number of pyridine rings is 1. The molecule has 17 heavy (non-hydrogen) atoms. The van der Waals surface area contributed by atoms with Crippen LogP contribution < -0.4 is 10.6 Å². The summed E-state index contributed by atoms with van der Waals surface area (Å²) in [5, 5.41) is 0. The summed E-state index contributed by atoms with van der Waals surface area (Å²) in [4.78, 5) is 6.73. The molecule has 1 aromatic heterocycles. The molecule has 0 aliphatic heterocycles. The van der Waals surface area contributed by atoms with Crippen molar-refractivity contribution in [1.82, 2.24) is 4.98 Å². The van der Waals surface area contributed by atoms with E-state index in [9.17, 15) is 0 Å². The number of rotatable bonds is 6. The molecule has 2 unspecified atom stereocenters. The smallest absolute Gasteiger partial charge is 0.131 e. The molecule has 0 saturated carbocycles. The van der Waals surface area contributed by atoms with Crippen molar-refractivity contribution in [3.8, 4) is 0 Å².